The smallest absolute Gasteiger partial charge is 0.258 e. The molecule has 0 aliphatic heterocycles. The molecule has 0 saturated heterocycles. The van der Waals surface area contributed by atoms with Crippen LogP contribution >= 0.6 is 46.4 Å². The molecule has 0 fully saturated rings. The Labute approximate surface area is 402 Å². The van der Waals surface area contributed by atoms with E-state index in [0.29, 0.717) is 71.3 Å². The van der Waals surface area contributed by atoms with E-state index in [1.807, 2.05) is 38.1 Å². The van der Waals surface area contributed by atoms with Gasteiger partial charge in [-0.1, -0.05) is 73.4 Å². The lowest BCUT2D eigenvalue weighted by molar-refractivity contribution is -0.127. The highest BCUT2D eigenvalue weighted by Crippen LogP contribution is 2.30. The molecule has 2 atom stereocenters. The molecule has 14 nitrogen and oxygen atoms in total. The maximum absolute atomic E-state index is 13.7. The Morgan fingerprint density at radius 3 is 1.33 bits per heavy atom. The largest absolute Gasteiger partial charge is 0.324 e. The first-order valence-corrected chi connectivity index (χ1v) is 22.6. The van der Waals surface area contributed by atoms with Crippen LogP contribution < -0.4 is 21.3 Å². The van der Waals surface area contributed by atoms with E-state index in [0.717, 1.165) is 11.1 Å². The van der Waals surface area contributed by atoms with Crippen LogP contribution in [0.25, 0.3) is 0 Å². The number of benzene rings is 5. The minimum atomic E-state index is -1.57. The predicted octanol–water partition coefficient (Wildman–Crippen LogP) is 11.5. The van der Waals surface area contributed by atoms with Gasteiger partial charge in [-0.15, -0.1) is 23.2 Å². The summed E-state index contributed by atoms with van der Waals surface area (Å²) in [4.78, 5) is 79.3. The number of hydrogen-bond acceptors (Lipinski definition) is 10. The van der Waals surface area contributed by atoms with Crippen LogP contribution in [0.15, 0.2) is 118 Å². The summed E-state index contributed by atoms with van der Waals surface area (Å²) >= 11 is 24.5. The van der Waals surface area contributed by atoms with Crippen LogP contribution in [-0.2, 0) is 44.9 Å². The van der Waals surface area contributed by atoms with Gasteiger partial charge < -0.3 is 21.3 Å². The summed E-state index contributed by atoms with van der Waals surface area (Å²) in [7, 11) is 0. The van der Waals surface area contributed by atoms with Gasteiger partial charge in [0.05, 0.1) is 11.4 Å². The van der Waals surface area contributed by atoms with E-state index in [1.54, 1.807) is 36.4 Å². The molecule has 0 heterocycles. The number of carbonyl (C=O) groups is 6. The highest BCUT2D eigenvalue weighted by atomic mass is 35.5. The van der Waals surface area contributed by atoms with Gasteiger partial charge in [-0.3, -0.25) is 28.8 Å². The molecule has 5 rings (SSSR count). The molecule has 0 radical (unpaired) electrons. The van der Waals surface area contributed by atoms with E-state index < -0.39 is 47.3 Å². The van der Waals surface area contributed by atoms with Crippen molar-refractivity contribution >= 4 is 116 Å². The van der Waals surface area contributed by atoms with Gasteiger partial charge in [0.25, 0.3) is 23.6 Å². The monoisotopic (exact) mass is 970 g/mol. The quantitative estimate of drug-likeness (QED) is 0.0340. The molecule has 0 bridgehead atoms. The lowest BCUT2D eigenvalue weighted by atomic mass is 10.0. The van der Waals surface area contributed by atoms with Crippen molar-refractivity contribution in [2.45, 2.75) is 65.5 Å². The fourth-order valence-corrected chi connectivity index (χ4v) is 7.55. The van der Waals surface area contributed by atoms with Crippen molar-refractivity contribution in [2.75, 3.05) is 33.0 Å². The second-order valence-corrected chi connectivity index (χ2v) is 16.4. The Bertz CT molecular complexity index is 2680. The number of halogens is 4. The average Bonchev–Trinajstić information content (AvgIpc) is 3.27. The number of rotatable bonds is 20. The molecule has 66 heavy (non-hydrogen) atoms. The summed E-state index contributed by atoms with van der Waals surface area (Å²) in [5, 5.41) is 28.0. The fourth-order valence-electron chi connectivity index (χ4n) is 6.68. The van der Waals surface area contributed by atoms with E-state index in [2.05, 4.69) is 41.7 Å². The minimum Gasteiger partial charge on any atom is -0.324 e. The number of nitrogens with zero attached hydrogens (tertiary/aromatic N) is 4. The van der Waals surface area contributed by atoms with Gasteiger partial charge >= 0.3 is 0 Å². The number of azo groups is 2. The molecule has 0 spiro atoms. The molecule has 5 aromatic rings. The molecule has 0 aliphatic carbocycles. The SMILES string of the molecule is CCc1cc(NC(=O)C(N=Nc2cc(Cl)cc(C(=O)Nc3ccccc3CCCl)c2)C(C)=O)cc(CC)c1NC(=O)C(N=Nc1cc(Cl)cc(C(=O)Nc2ccccc2CCCl)c1)C(C)=O. The number of alkyl halides is 2. The predicted molar refractivity (Wildman–Crippen MR) is 261 cm³/mol. The van der Waals surface area contributed by atoms with Crippen molar-refractivity contribution in [3.8, 4) is 0 Å². The summed E-state index contributed by atoms with van der Waals surface area (Å²) in [5.74, 6) is -2.94. The summed E-state index contributed by atoms with van der Waals surface area (Å²) < 4.78 is 0. The zero-order valence-electron chi connectivity index (χ0n) is 36.4. The molecule has 0 saturated carbocycles. The molecule has 342 valence electrons. The summed E-state index contributed by atoms with van der Waals surface area (Å²) in [6, 6.07) is 23.3. The Hall–Kier alpha value is -6.32. The molecule has 4 amide bonds. The van der Waals surface area contributed by atoms with E-state index in [4.69, 9.17) is 46.4 Å². The number of anilines is 4. The van der Waals surface area contributed by atoms with Crippen molar-refractivity contribution in [3.63, 3.8) is 0 Å². The second kappa shape index (κ2) is 24.3. The standard InChI is InChI=1S/C48H46Cl4N8O6/c1-5-29-21-37(53-47(65)42(27(3)61)59-57-38-23-33(19-35(51)25-38)45(63)54-40-13-9-7-11-31(40)15-17-49)22-30(6-2)44(29)56-48(66)43(28(4)62)60-58-39-24-34(20-36(52)26-39)46(64)55-41-14-10-8-12-32(41)16-18-50/h7-14,19-26,42-43H,5-6,15-18H2,1-4H3,(H,53,65)(H,54,63)(H,55,64)(H,56,66). The minimum absolute atomic E-state index is 0.131. The summed E-state index contributed by atoms with van der Waals surface area (Å²) in [6.07, 6.45) is 1.87. The number of ketones is 2. The zero-order valence-corrected chi connectivity index (χ0v) is 39.4. The van der Waals surface area contributed by atoms with Crippen molar-refractivity contribution < 1.29 is 28.8 Å². The van der Waals surface area contributed by atoms with Gasteiger partial charge in [0.2, 0.25) is 12.1 Å². The van der Waals surface area contributed by atoms with Gasteiger partial charge in [-0.05, 0) is 122 Å². The topological polar surface area (TPSA) is 200 Å². The average molecular weight is 973 g/mol. The van der Waals surface area contributed by atoms with E-state index in [1.165, 1.54) is 50.2 Å². The van der Waals surface area contributed by atoms with Crippen molar-refractivity contribution in [3.05, 3.63) is 140 Å². The third-order valence-corrected chi connectivity index (χ3v) is 10.8. The molecule has 0 aromatic heterocycles. The van der Waals surface area contributed by atoms with Gasteiger partial charge in [-0.2, -0.15) is 20.5 Å². The van der Waals surface area contributed by atoms with Gasteiger partial charge in [0.1, 0.15) is 0 Å². The van der Waals surface area contributed by atoms with Crippen molar-refractivity contribution in [2.24, 2.45) is 20.5 Å². The van der Waals surface area contributed by atoms with Gasteiger partial charge in [-0.25, -0.2) is 0 Å². The van der Waals surface area contributed by atoms with Gasteiger partial charge in [0.15, 0.2) is 11.6 Å². The number of para-hydroxylation sites is 2. The number of aryl methyl sites for hydroxylation is 4. The van der Waals surface area contributed by atoms with Crippen LogP contribution in [0, 0.1) is 0 Å². The Morgan fingerprint density at radius 2 is 0.939 bits per heavy atom. The third kappa shape index (κ3) is 13.8. The highest BCUT2D eigenvalue weighted by molar-refractivity contribution is 6.31. The maximum Gasteiger partial charge on any atom is 0.258 e. The molecule has 0 aliphatic rings. The maximum atomic E-state index is 13.7. The number of hydrogen-bond donors (Lipinski definition) is 4. The number of nitrogens with one attached hydrogen (secondary N) is 4. The molecule has 2 unspecified atom stereocenters. The van der Waals surface area contributed by atoms with Crippen molar-refractivity contribution in [1.29, 1.82) is 0 Å². The normalized spacial score (nSPS) is 12.1. The van der Waals surface area contributed by atoms with E-state index in [9.17, 15) is 28.8 Å². The molecular formula is C48H46Cl4N8O6. The molecular weight excluding hydrogens is 926 g/mol. The molecule has 4 N–H and O–H groups in total. The van der Waals surface area contributed by atoms with Crippen LogP contribution in [0.3, 0.4) is 0 Å². The summed E-state index contributed by atoms with van der Waals surface area (Å²) in [5.41, 5.74) is 5.42. The van der Waals surface area contributed by atoms with E-state index >= 15 is 0 Å². The second-order valence-electron chi connectivity index (χ2n) is 14.8. The van der Waals surface area contributed by atoms with E-state index in [-0.39, 0.29) is 32.5 Å². The lowest BCUT2D eigenvalue weighted by Gasteiger charge is -2.19. The van der Waals surface area contributed by atoms with Crippen LogP contribution in [0.2, 0.25) is 10.0 Å². The lowest BCUT2D eigenvalue weighted by Crippen LogP contribution is -2.33. The first-order chi connectivity index (χ1) is 31.6. The first kappa shape index (κ1) is 50.7. The number of carbonyl (C=O) groups excluding carboxylic acids is 6. The molecule has 18 heteroatoms. The first-order valence-electron chi connectivity index (χ1n) is 20.8. The van der Waals surface area contributed by atoms with Crippen LogP contribution in [-0.4, -0.2) is 59.0 Å². The fraction of sp³-hybridized carbons (Fsp3) is 0.250. The molecule has 5 aromatic carbocycles. The Balaban J connectivity index is 1.31. The number of amides is 4. The summed E-state index contributed by atoms with van der Waals surface area (Å²) in [6.45, 7) is 6.08. The van der Waals surface area contributed by atoms with Crippen molar-refractivity contribution in [1.82, 2.24) is 0 Å². The Morgan fingerprint density at radius 1 is 0.530 bits per heavy atom. The van der Waals surface area contributed by atoms with Gasteiger partial charge in [0, 0.05) is 55.7 Å². The third-order valence-electron chi connectivity index (χ3n) is 9.97. The highest BCUT2D eigenvalue weighted by Gasteiger charge is 2.27. The van der Waals surface area contributed by atoms with Crippen LogP contribution in [0.1, 0.15) is 70.7 Å². The number of Topliss-reactive ketones (excluding diaryl/α,β-unsaturated/α-hetero) is 2. The zero-order chi connectivity index (χ0) is 47.9. The van der Waals surface area contributed by atoms with Crippen LogP contribution in [0.4, 0.5) is 34.1 Å². The Kier molecular flexibility index (Phi) is 18.6. The van der Waals surface area contributed by atoms with Crippen LogP contribution in [0.5, 0.6) is 0 Å².